The molecule has 4 aromatic rings. The van der Waals surface area contributed by atoms with Gasteiger partial charge in [-0.3, -0.25) is 14.7 Å². The van der Waals surface area contributed by atoms with E-state index in [1.807, 2.05) is 70.3 Å². The maximum Gasteiger partial charge on any atom is 0.335 e. The summed E-state index contributed by atoms with van der Waals surface area (Å²) in [6, 6.07) is 18.8. The summed E-state index contributed by atoms with van der Waals surface area (Å²) in [6.45, 7) is 8.41. The average molecular weight is 468 g/mol. The monoisotopic (exact) mass is 467 g/mol. The molecule has 2 heterocycles. The number of benzene rings is 2. The Kier molecular flexibility index (Phi) is 6.65. The zero-order valence-electron chi connectivity index (χ0n) is 20.4. The van der Waals surface area contributed by atoms with Gasteiger partial charge in [0.05, 0.1) is 12.1 Å². The van der Waals surface area contributed by atoms with Crippen molar-refractivity contribution < 1.29 is 14.7 Å². The molecule has 0 radical (unpaired) electrons. The van der Waals surface area contributed by atoms with Crippen molar-refractivity contribution in [2.75, 3.05) is 4.90 Å². The SMILES string of the molecule is Cc1ccc(-c2ccc(CN(C(=O)CC(C)(C)C)c3nccc4cc(C(=O)O)ccc34)cc2)cn1. The molecule has 0 aliphatic carbocycles. The number of hydrogen-bond acceptors (Lipinski definition) is 4. The number of carbonyl (C=O) groups excluding carboxylic acids is 1. The third-order valence-corrected chi connectivity index (χ3v) is 5.77. The molecule has 6 heteroatoms. The van der Waals surface area contributed by atoms with Crippen LogP contribution < -0.4 is 4.90 Å². The van der Waals surface area contributed by atoms with E-state index in [4.69, 9.17) is 0 Å². The van der Waals surface area contributed by atoms with Crippen LogP contribution in [0.15, 0.2) is 73.1 Å². The quantitative estimate of drug-likeness (QED) is 0.361. The number of hydrogen-bond donors (Lipinski definition) is 1. The van der Waals surface area contributed by atoms with Gasteiger partial charge in [0.15, 0.2) is 0 Å². The Labute approximate surface area is 205 Å². The normalized spacial score (nSPS) is 11.4. The number of aromatic carboxylic acids is 1. The largest absolute Gasteiger partial charge is 0.478 e. The minimum atomic E-state index is -0.991. The molecule has 0 atom stereocenters. The van der Waals surface area contributed by atoms with Crippen molar-refractivity contribution in [3.8, 4) is 11.1 Å². The Hall–Kier alpha value is -4.06. The first-order valence-corrected chi connectivity index (χ1v) is 11.6. The van der Waals surface area contributed by atoms with Crippen LogP contribution >= 0.6 is 0 Å². The maximum atomic E-state index is 13.5. The van der Waals surface area contributed by atoms with E-state index in [0.717, 1.165) is 33.2 Å². The van der Waals surface area contributed by atoms with Crippen molar-refractivity contribution in [3.05, 3.63) is 89.9 Å². The van der Waals surface area contributed by atoms with Gasteiger partial charge in [0.2, 0.25) is 5.91 Å². The molecule has 1 N–H and O–H groups in total. The zero-order valence-corrected chi connectivity index (χ0v) is 20.4. The van der Waals surface area contributed by atoms with Crippen LogP contribution in [0.4, 0.5) is 5.82 Å². The van der Waals surface area contributed by atoms with Gasteiger partial charge in [0.25, 0.3) is 0 Å². The zero-order chi connectivity index (χ0) is 25.2. The van der Waals surface area contributed by atoms with Crippen molar-refractivity contribution in [2.45, 2.75) is 40.7 Å². The van der Waals surface area contributed by atoms with Crippen molar-refractivity contribution in [1.82, 2.24) is 9.97 Å². The molecule has 0 bridgehead atoms. The molecule has 2 aromatic heterocycles. The molecule has 4 rings (SSSR count). The van der Waals surface area contributed by atoms with Crippen LogP contribution in [0.3, 0.4) is 0 Å². The number of aromatic nitrogens is 2. The second kappa shape index (κ2) is 9.66. The molecule has 2 aromatic carbocycles. The molecule has 0 saturated heterocycles. The van der Waals surface area contributed by atoms with E-state index in [2.05, 4.69) is 9.97 Å². The molecular weight excluding hydrogens is 438 g/mol. The summed E-state index contributed by atoms with van der Waals surface area (Å²) < 4.78 is 0. The molecule has 0 fully saturated rings. The number of fused-ring (bicyclic) bond motifs is 1. The predicted molar refractivity (Wildman–Crippen MR) is 138 cm³/mol. The first-order chi connectivity index (χ1) is 16.6. The molecule has 0 spiro atoms. The van der Waals surface area contributed by atoms with Crippen LogP contribution in [0.2, 0.25) is 0 Å². The van der Waals surface area contributed by atoms with Gasteiger partial charge in [0, 0.05) is 35.5 Å². The number of carbonyl (C=O) groups is 2. The highest BCUT2D eigenvalue weighted by atomic mass is 16.4. The van der Waals surface area contributed by atoms with Gasteiger partial charge in [0.1, 0.15) is 5.82 Å². The second-order valence-electron chi connectivity index (χ2n) is 9.98. The fourth-order valence-corrected chi connectivity index (χ4v) is 3.96. The lowest BCUT2D eigenvalue weighted by Gasteiger charge is -2.27. The third kappa shape index (κ3) is 5.72. The standard InChI is InChI=1S/C29H29N3O3/c1-19-5-8-24(17-31-19)21-9-6-20(7-10-21)18-32(26(33)16-29(2,3)4)27-25-12-11-23(28(34)35)15-22(25)13-14-30-27/h5-15,17H,16,18H2,1-4H3,(H,34,35). The Morgan fingerprint density at radius 1 is 0.914 bits per heavy atom. The van der Waals surface area contributed by atoms with E-state index < -0.39 is 5.97 Å². The van der Waals surface area contributed by atoms with Gasteiger partial charge < -0.3 is 5.11 Å². The summed E-state index contributed by atoms with van der Waals surface area (Å²) in [7, 11) is 0. The molecule has 0 aliphatic rings. The highest BCUT2D eigenvalue weighted by Crippen LogP contribution is 2.30. The van der Waals surface area contributed by atoms with Crippen LogP contribution in [0.25, 0.3) is 21.9 Å². The molecule has 0 unspecified atom stereocenters. The highest BCUT2D eigenvalue weighted by Gasteiger charge is 2.25. The maximum absolute atomic E-state index is 13.5. The summed E-state index contributed by atoms with van der Waals surface area (Å²) in [5, 5.41) is 10.8. The topological polar surface area (TPSA) is 83.4 Å². The van der Waals surface area contributed by atoms with Gasteiger partial charge in [-0.1, -0.05) is 51.1 Å². The predicted octanol–water partition coefficient (Wildman–Crippen LogP) is 6.27. The van der Waals surface area contributed by atoms with Crippen LogP contribution in [0.5, 0.6) is 0 Å². The van der Waals surface area contributed by atoms with Gasteiger partial charge in [-0.15, -0.1) is 0 Å². The minimum absolute atomic E-state index is 0.0355. The fourth-order valence-electron chi connectivity index (χ4n) is 3.96. The second-order valence-corrected chi connectivity index (χ2v) is 9.98. The Morgan fingerprint density at radius 3 is 2.26 bits per heavy atom. The smallest absolute Gasteiger partial charge is 0.335 e. The number of pyridine rings is 2. The molecule has 178 valence electrons. The number of amides is 1. The van der Waals surface area contributed by atoms with E-state index in [9.17, 15) is 14.7 Å². The van der Waals surface area contributed by atoms with E-state index in [-0.39, 0.29) is 16.9 Å². The fraction of sp³-hybridized carbons (Fsp3) is 0.241. The molecule has 0 saturated carbocycles. The van der Waals surface area contributed by atoms with Crippen LogP contribution in [0.1, 0.15) is 48.8 Å². The minimum Gasteiger partial charge on any atom is -0.478 e. The first kappa shape index (κ1) is 24.1. The molecule has 0 aliphatic heterocycles. The summed E-state index contributed by atoms with van der Waals surface area (Å²) in [5.74, 6) is -0.498. The average Bonchev–Trinajstić information content (AvgIpc) is 2.81. The Balaban J connectivity index is 1.71. The molecular formula is C29H29N3O3. The Bertz CT molecular complexity index is 1370. The van der Waals surface area contributed by atoms with Crippen molar-refractivity contribution in [3.63, 3.8) is 0 Å². The first-order valence-electron chi connectivity index (χ1n) is 11.6. The lowest BCUT2D eigenvalue weighted by atomic mass is 9.91. The van der Waals surface area contributed by atoms with Crippen LogP contribution in [0, 0.1) is 12.3 Å². The van der Waals surface area contributed by atoms with Crippen molar-refractivity contribution in [2.24, 2.45) is 5.41 Å². The van der Waals surface area contributed by atoms with Crippen LogP contribution in [-0.4, -0.2) is 27.0 Å². The third-order valence-electron chi connectivity index (χ3n) is 5.77. The van der Waals surface area contributed by atoms with Crippen LogP contribution in [-0.2, 0) is 11.3 Å². The van der Waals surface area contributed by atoms with Gasteiger partial charge >= 0.3 is 5.97 Å². The van der Waals surface area contributed by atoms with Gasteiger partial charge in [-0.25, -0.2) is 9.78 Å². The summed E-state index contributed by atoms with van der Waals surface area (Å²) >= 11 is 0. The lowest BCUT2D eigenvalue weighted by Crippen LogP contribution is -2.34. The number of carboxylic acids is 1. The summed E-state index contributed by atoms with van der Waals surface area (Å²) in [4.78, 5) is 35.5. The number of anilines is 1. The highest BCUT2D eigenvalue weighted by molar-refractivity contribution is 6.04. The number of rotatable bonds is 6. The van der Waals surface area contributed by atoms with Crippen molar-refractivity contribution in [1.29, 1.82) is 0 Å². The summed E-state index contributed by atoms with van der Waals surface area (Å²) in [5.41, 5.74) is 4.03. The summed E-state index contributed by atoms with van der Waals surface area (Å²) in [6.07, 6.45) is 3.83. The van der Waals surface area contributed by atoms with E-state index in [1.54, 1.807) is 35.4 Å². The Morgan fingerprint density at radius 2 is 1.63 bits per heavy atom. The molecule has 1 amide bonds. The van der Waals surface area contributed by atoms with Gasteiger partial charge in [-0.2, -0.15) is 0 Å². The van der Waals surface area contributed by atoms with E-state index >= 15 is 0 Å². The van der Waals surface area contributed by atoms with Gasteiger partial charge in [-0.05, 0) is 59.2 Å². The van der Waals surface area contributed by atoms with Crippen molar-refractivity contribution >= 4 is 28.5 Å². The van der Waals surface area contributed by atoms with E-state index in [0.29, 0.717) is 18.8 Å². The lowest BCUT2D eigenvalue weighted by molar-refractivity contribution is -0.120. The number of aryl methyl sites for hydroxylation is 1. The van der Waals surface area contributed by atoms with E-state index in [1.165, 1.54) is 0 Å². The number of carboxylic acid groups (broad SMARTS) is 1. The molecule has 6 nitrogen and oxygen atoms in total. The molecule has 35 heavy (non-hydrogen) atoms. The number of nitrogens with zero attached hydrogens (tertiary/aromatic N) is 3.